The molecule has 5 heteroatoms. The smallest absolute Gasteiger partial charge is 0.257 e. The van der Waals surface area contributed by atoms with Crippen molar-refractivity contribution < 1.29 is 9.21 Å². The topological polar surface area (TPSA) is 67.2 Å². The van der Waals surface area contributed by atoms with Crippen LogP contribution >= 0.6 is 0 Å². The second-order valence-corrected chi connectivity index (χ2v) is 7.47. The summed E-state index contributed by atoms with van der Waals surface area (Å²) in [5.41, 5.74) is 4.47. The Bertz CT molecular complexity index is 905. The normalized spacial score (nSPS) is 11.1. The quantitative estimate of drug-likeness (QED) is 0.547. The van der Waals surface area contributed by atoms with E-state index in [0.29, 0.717) is 23.9 Å². The number of nitrogens with one attached hydrogen (secondary N) is 2. The fraction of sp³-hybridized carbons (Fsp3) is 0.304. The number of anilines is 2. The Balaban J connectivity index is 1.81. The number of hydrogen-bond acceptors (Lipinski definition) is 4. The van der Waals surface area contributed by atoms with Crippen LogP contribution in [-0.2, 0) is 6.54 Å². The molecule has 2 N–H and O–H groups in total. The van der Waals surface area contributed by atoms with Crippen LogP contribution in [0.1, 0.15) is 66.8 Å². The molecule has 0 atom stereocenters. The Kier molecular flexibility index (Phi) is 6.14. The van der Waals surface area contributed by atoms with Crippen LogP contribution in [0.5, 0.6) is 0 Å². The summed E-state index contributed by atoms with van der Waals surface area (Å²) in [5, 5.41) is 6.36. The molecule has 0 aliphatic carbocycles. The minimum Gasteiger partial charge on any atom is -0.467 e. The van der Waals surface area contributed by atoms with Gasteiger partial charge in [0.2, 0.25) is 0 Å². The second kappa shape index (κ2) is 8.74. The first-order valence-electron chi connectivity index (χ1n) is 9.61. The zero-order chi connectivity index (χ0) is 20.1. The molecule has 3 rings (SSSR count). The highest BCUT2D eigenvalue weighted by Crippen LogP contribution is 2.32. The van der Waals surface area contributed by atoms with E-state index in [1.807, 2.05) is 12.1 Å². The molecule has 1 aromatic carbocycles. The van der Waals surface area contributed by atoms with Gasteiger partial charge in [-0.15, -0.1) is 0 Å². The van der Waals surface area contributed by atoms with E-state index in [4.69, 9.17) is 4.42 Å². The number of amides is 1. The zero-order valence-corrected chi connectivity index (χ0v) is 16.8. The maximum absolute atomic E-state index is 13.0. The van der Waals surface area contributed by atoms with Gasteiger partial charge in [-0.3, -0.25) is 9.78 Å². The lowest BCUT2D eigenvalue weighted by Gasteiger charge is -2.20. The summed E-state index contributed by atoms with van der Waals surface area (Å²) in [6.45, 7) is 9.07. The molecule has 3 aromatic rings. The average Bonchev–Trinajstić information content (AvgIpc) is 3.20. The van der Waals surface area contributed by atoms with Crippen molar-refractivity contribution in [2.45, 2.75) is 46.1 Å². The molecule has 146 valence electrons. The minimum absolute atomic E-state index is 0.163. The van der Waals surface area contributed by atoms with Gasteiger partial charge in [0.25, 0.3) is 5.91 Å². The van der Waals surface area contributed by atoms with Gasteiger partial charge in [-0.2, -0.15) is 0 Å². The van der Waals surface area contributed by atoms with Gasteiger partial charge in [0.05, 0.1) is 24.1 Å². The van der Waals surface area contributed by atoms with E-state index >= 15 is 0 Å². The standard InChI is InChI=1S/C23H27N3O2/c1-15(2)20-8-5-9-21(16(3)4)22(20)26-23(27)17-11-18(13-24-12-17)25-14-19-7-6-10-28-19/h5-13,15-16,25H,14H2,1-4H3,(H,26,27). The fourth-order valence-electron chi connectivity index (χ4n) is 3.14. The molecule has 28 heavy (non-hydrogen) atoms. The molecule has 0 spiro atoms. The second-order valence-electron chi connectivity index (χ2n) is 7.47. The monoisotopic (exact) mass is 377 g/mol. The largest absolute Gasteiger partial charge is 0.467 e. The fourth-order valence-corrected chi connectivity index (χ4v) is 3.14. The third-order valence-corrected chi connectivity index (χ3v) is 4.66. The van der Waals surface area contributed by atoms with E-state index < -0.39 is 0 Å². The highest BCUT2D eigenvalue weighted by Gasteiger charge is 2.17. The molecule has 0 saturated heterocycles. The van der Waals surface area contributed by atoms with Crippen molar-refractivity contribution in [3.63, 3.8) is 0 Å². The molecule has 0 aliphatic heterocycles. The Morgan fingerprint density at radius 1 is 1.04 bits per heavy atom. The molecule has 0 bridgehead atoms. The summed E-state index contributed by atoms with van der Waals surface area (Å²) in [7, 11) is 0. The number of furan rings is 1. The third kappa shape index (κ3) is 4.60. The van der Waals surface area contributed by atoms with Gasteiger partial charge in [-0.1, -0.05) is 45.9 Å². The first-order chi connectivity index (χ1) is 13.5. The van der Waals surface area contributed by atoms with Crippen LogP contribution in [0.2, 0.25) is 0 Å². The Hall–Kier alpha value is -3.08. The number of para-hydroxylation sites is 1. The summed E-state index contributed by atoms with van der Waals surface area (Å²) in [6, 6.07) is 11.8. The summed E-state index contributed by atoms with van der Waals surface area (Å²) >= 11 is 0. The van der Waals surface area contributed by atoms with E-state index in [2.05, 4.69) is 61.5 Å². The molecule has 0 saturated carbocycles. The molecule has 1 amide bonds. The Labute approximate surface area is 166 Å². The molecule has 0 fully saturated rings. The summed E-state index contributed by atoms with van der Waals surface area (Å²) in [5.74, 6) is 1.29. The number of pyridine rings is 1. The predicted octanol–water partition coefficient (Wildman–Crippen LogP) is 5.79. The summed E-state index contributed by atoms with van der Waals surface area (Å²) in [6.07, 6.45) is 4.92. The van der Waals surface area contributed by atoms with Crippen LogP contribution in [0.25, 0.3) is 0 Å². The lowest BCUT2D eigenvalue weighted by atomic mass is 9.92. The lowest BCUT2D eigenvalue weighted by Crippen LogP contribution is -2.16. The molecule has 2 heterocycles. The van der Waals surface area contributed by atoms with Crippen molar-refractivity contribution in [2.24, 2.45) is 0 Å². The number of carbonyl (C=O) groups excluding carboxylic acids is 1. The van der Waals surface area contributed by atoms with Crippen molar-refractivity contribution in [2.75, 3.05) is 10.6 Å². The van der Waals surface area contributed by atoms with Gasteiger partial charge in [0, 0.05) is 18.1 Å². The van der Waals surface area contributed by atoms with E-state index in [1.165, 1.54) is 0 Å². The van der Waals surface area contributed by atoms with Crippen LogP contribution in [0, 0.1) is 0 Å². The van der Waals surface area contributed by atoms with Crippen LogP contribution in [-0.4, -0.2) is 10.9 Å². The third-order valence-electron chi connectivity index (χ3n) is 4.66. The molecular weight excluding hydrogens is 350 g/mol. The van der Waals surface area contributed by atoms with Crippen molar-refractivity contribution >= 4 is 17.3 Å². The van der Waals surface area contributed by atoms with Gasteiger partial charge >= 0.3 is 0 Å². The van der Waals surface area contributed by atoms with Crippen molar-refractivity contribution in [1.29, 1.82) is 0 Å². The predicted molar refractivity (Wildman–Crippen MR) is 113 cm³/mol. The number of nitrogens with zero attached hydrogens (tertiary/aromatic N) is 1. The zero-order valence-electron chi connectivity index (χ0n) is 16.8. The number of carbonyl (C=O) groups is 1. The van der Waals surface area contributed by atoms with Gasteiger partial charge in [-0.25, -0.2) is 0 Å². The number of hydrogen-bond donors (Lipinski definition) is 2. The molecule has 0 radical (unpaired) electrons. The Morgan fingerprint density at radius 2 is 1.75 bits per heavy atom. The average molecular weight is 377 g/mol. The summed E-state index contributed by atoms with van der Waals surface area (Å²) < 4.78 is 5.32. The summed E-state index contributed by atoms with van der Waals surface area (Å²) in [4.78, 5) is 17.2. The van der Waals surface area contributed by atoms with Gasteiger partial charge in [0.1, 0.15) is 5.76 Å². The Morgan fingerprint density at radius 3 is 2.36 bits per heavy atom. The molecular formula is C23H27N3O2. The highest BCUT2D eigenvalue weighted by molar-refractivity contribution is 6.05. The SMILES string of the molecule is CC(C)c1cccc(C(C)C)c1NC(=O)c1cncc(NCc2ccco2)c1. The van der Waals surface area contributed by atoms with Crippen molar-refractivity contribution in [1.82, 2.24) is 4.98 Å². The van der Waals surface area contributed by atoms with Gasteiger partial charge in [0.15, 0.2) is 0 Å². The lowest BCUT2D eigenvalue weighted by molar-refractivity contribution is 0.102. The molecule has 0 aliphatic rings. The van der Waals surface area contributed by atoms with Crippen LogP contribution in [0.4, 0.5) is 11.4 Å². The van der Waals surface area contributed by atoms with Gasteiger partial charge in [-0.05, 0) is 41.2 Å². The number of benzene rings is 1. The first kappa shape index (κ1) is 19.7. The van der Waals surface area contributed by atoms with E-state index in [9.17, 15) is 4.79 Å². The van der Waals surface area contributed by atoms with Crippen LogP contribution < -0.4 is 10.6 Å². The van der Waals surface area contributed by atoms with Gasteiger partial charge < -0.3 is 15.1 Å². The molecule has 5 nitrogen and oxygen atoms in total. The van der Waals surface area contributed by atoms with Crippen molar-refractivity contribution in [3.05, 3.63) is 77.5 Å². The van der Waals surface area contributed by atoms with Crippen LogP contribution in [0.15, 0.2) is 59.5 Å². The van der Waals surface area contributed by atoms with Crippen LogP contribution in [0.3, 0.4) is 0 Å². The van der Waals surface area contributed by atoms with E-state index in [1.54, 1.807) is 24.7 Å². The molecule has 2 aromatic heterocycles. The van der Waals surface area contributed by atoms with Crippen molar-refractivity contribution in [3.8, 4) is 0 Å². The number of aromatic nitrogens is 1. The van der Waals surface area contributed by atoms with E-state index in [0.717, 1.165) is 28.3 Å². The first-order valence-corrected chi connectivity index (χ1v) is 9.61. The minimum atomic E-state index is -0.163. The highest BCUT2D eigenvalue weighted by atomic mass is 16.3. The van der Waals surface area contributed by atoms with E-state index in [-0.39, 0.29) is 5.91 Å². The maximum atomic E-state index is 13.0. The molecule has 0 unspecified atom stereocenters. The number of rotatable bonds is 7. The maximum Gasteiger partial charge on any atom is 0.257 e.